The number of nitrogens with zero attached hydrogens (tertiary/aromatic N) is 1. The van der Waals surface area contributed by atoms with Crippen LogP contribution in [0.5, 0.6) is 0 Å². The molecule has 0 aliphatic heterocycles. The van der Waals surface area contributed by atoms with Crippen LogP contribution in [-0.4, -0.2) is 4.92 Å². The molecular formula is C4HClNO3. The van der Waals surface area contributed by atoms with Crippen LogP contribution in [0.4, 0.5) is 5.88 Å². The Morgan fingerprint density at radius 3 is 2.78 bits per heavy atom. The van der Waals surface area contributed by atoms with Gasteiger partial charge in [-0.2, -0.15) is 0 Å². The van der Waals surface area contributed by atoms with Crippen molar-refractivity contribution < 1.29 is 9.34 Å². The van der Waals surface area contributed by atoms with Gasteiger partial charge < -0.3 is 4.42 Å². The van der Waals surface area contributed by atoms with Crippen LogP contribution >= 0.6 is 11.6 Å². The maximum atomic E-state index is 9.84. The molecule has 0 fully saturated rings. The highest BCUT2D eigenvalue weighted by Gasteiger charge is 2.10. The highest BCUT2D eigenvalue weighted by molar-refractivity contribution is 6.28. The van der Waals surface area contributed by atoms with Gasteiger partial charge in [0.15, 0.2) is 0 Å². The molecule has 1 heterocycles. The second-order valence-electron chi connectivity index (χ2n) is 1.26. The van der Waals surface area contributed by atoms with Gasteiger partial charge in [-0.3, -0.25) is 10.1 Å². The summed E-state index contributed by atoms with van der Waals surface area (Å²) in [7, 11) is 0. The van der Waals surface area contributed by atoms with E-state index in [0.29, 0.717) is 0 Å². The minimum atomic E-state index is -0.702. The quantitative estimate of drug-likeness (QED) is 0.447. The lowest BCUT2D eigenvalue weighted by atomic mass is 10.6. The van der Waals surface area contributed by atoms with E-state index in [1.54, 1.807) is 0 Å². The Kier molecular flexibility index (Phi) is 1.40. The Labute approximate surface area is 55.2 Å². The molecule has 0 N–H and O–H groups in total. The van der Waals surface area contributed by atoms with Gasteiger partial charge in [0.1, 0.15) is 11.0 Å². The summed E-state index contributed by atoms with van der Waals surface area (Å²) in [6.07, 6.45) is 0. The van der Waals surface area contributed by atoms with Gasteiger partial charge in [0, 0.05) is 6.07 Å². The lowest BCUT2D eigenvalue weighted by Crippen LogP contribution is -1.82. The summed E-state index contributed by atoms with van der Waals surface area (Å²) < 4.78 is 4.36. The molecule has 4 nitrogen and oxygen atoms in total. The van der Waals surface area contributed by atoms with Crippen LogP contribution in [0.3, 0.4) is 0 Å². The van der Waals surface area contributed by atoms with Crippen molar-refractivity contribution in [1.82, 2.24) is 0 Å². The first-order valence-electron chi connectivity index (χ1n) is 2.01. The van der Waals surface area contributed by atoms with Crippen molar-refractivity contribution in [2.75, 3.05) is 0 Å². The Morgan fingerprint density at radius 2 is 2.56 bits per heavy atom. The van der Waals surface area contributed by atoms with E-state index in [1.807, 2.05) is 0 Å². The van der Waals surface area contributed by atoms with Crippen molar-refractivity contribution >= 4 is 17.5 Å². The van der Waals surface area contributed by atoms with Crippen LogP contribution < -0.4 is 0 Å². The van der Waals surface area contributed by atoms with Gasteiger partial charge >= 0.3 is 5.88 Å². The van der Waals surface area contributed by atoms with E-state index in [-0.39, 0.29) is 5.22 Å². The molecule has 0 saturated carbocycles. The first-order chi connectivity index (χ1) is 4.20. The van der Waals surface area contributed by atoms with Crippen LogP contribution in [0.25, 0.3) is 0 Å². The van der Waals surface area contributed by atoms with E-state index in [2.05, 4.69) is 10.5 Å². The van der Waals surface area contributed by atoms with Gasteiger partial charge in [-0.25, -0.2) is 0 Å². The van der Waals surface area contributed by atoms with Crippen LogP contribution in [-0.2, 0) is 0 Å². The van der Waals surface area contributed by atoms with Crippen molar-refractivity contribution in [3.63, 3.8) is 0 Å². The molecule has 0 aliphatic carbocycles. The number of nitro groups is 1. The molecule has 0 unspecified atom stereocenters. The second kappa shape index (κ2) is 2.06. The van der Waals surface area contributed by atoms with E-state index >= 15 is 0 Å². The SMILES string of the molecule is O=[N+]([O-])c1[c]cc(Cl)o1. The van der Waals surface area contributed by atoms with Crippen molar-refractivity contribution in [2.45, 2.75) is 0 Å². The van der Waals surface area contributed by atoms with E-state index in [1.165, 1.54) is 6.07 Å². The molecular weight excluding hydrogens is 146 g/mol. The van der Waals surface area contributed by atoms with Crippen LogP contribution in [0.15, 0.2) is 10.5 Å². The maximum absolute atomic E-state index is 9.84. The number of furan rings is 1. The van der Waals surface area contributed by atoms with Crippen molar-refractivity contribution in [1.29, 1.82) is 0 Å². The average Bonchev–Trinajstić information content (AvgIpc) is 2.14. The fraction of sp³-hybridized carbons (Fsp3) is 0. The van der Waals surface area contributed by atoms with Gasteiger partial charge in [-0.05, 0) is 11.6 Å². The lowest BCUT2D eigenvalue weighted by Gasteiger charge is -1.77. The molecule has 9 heavy (non-hydrogen) atoms. The molecule has 0 atom stereocenters. The summed E-state index contributed by atoms with van der Waals surface area (Å²) >= 11 is 5.20. The zero-order chi connectivity index (χ0) is 6.85. The van der Waals surface area contributed by atoms with Gasteiger partial charge in [-0.1, -0.05) is 0 Å². The standard InChI is InChI=1S/C4HClNO3/c5-3-1-2-4(9-3)6(7)8/h1H. The van der Waals surface area contributed by atoms with Crippen molar-refractivity contribution in [3.05, 3.63) is 27.5 Å². The molecule has 1 radical (unpaired) electrons. The van der Waals surface area contributed by atoms with Crippen LogP contribution in [0, 0.1) is 16.2 Å². The van der Waals surface area contributed by atoms with Crippen LogP contribution in [0.2, 0.25) is 5.22 Å². The third-order valence-corrected chi connectivity index (χ3v) is 0.855. The molecule has 0 amide bonds. The summed E-state index contributed by atoms with van der Waals surface area (Å²) in [6.45, 7) is 0. The molecule has 1 aromatic heterocycles. The largest absolute Gasteiger partial charge is 0.442 e. The molecule has 0 aromatic carbocycles. The highest BCUT2D eigenvalue weighted by atomic mass is 35.5. The van der Waals surface area contributed by atoms with Gasteiger partial charge in [0.25, 0.3) is 0 Å². The molecule has 5 heteroatoms. The third-order valence-electron chi connectivity index (χ3n) is 0.669. The second-order valence-corrected chi connectivity index (χ2v) is 1.63. The van der Waals surface area contributed by atoms with Gasteiger partial charge in [-0.15, -0.1) is 0 Å². The summed E-state index contributed by atoms with van der Waals surface area (Å²) in [5.41, 5.74) is 0. The van der Waals surface area contributed by atoms with Crippen molar-refractivity contribution in [3.8, 4) is 0 Å². The fourth-order valence-electron chi connectivity index (χ4n) is 0.360. The third kappa shape index (κ3) is 1.20. The predicted octanol–water partition coefficient (Wildman–Crippen LogP) is 1.64. The number of halogens is 1. The lowest BCUT2D eigenvalue weighted by molar-refractivity contribution is -0.402. The highest BCUT2D eigenvalue weighted by Crippen LogP contribution is 2.18. The molecule has 1 aromatic rings. The zero-order valence-corrected chi connectivity index (χ0v) is 4.88. The van der Waals surface area contributed by atoms with Gasteiger partial charge in [0.05, 0.1) is 0 Å². The Morgan fingerprint density at radius 1 is 1.89 bits per heavy atom. The molecule has 0 aliphatic rings. The van der Waals surface area contributed by atoms with Gasteiger partial charge in [0.2, 0.25) is 5.22 Å². The van der Waals surface area contributed by atoms with Crippen molar-refractivity contribution in [2.24, 2.45) is 0 Å². The Hall–Kier alpha value is -1.03. The first-order valence-corrected chi connectivity index (χ1v) is 2.39. The topological polar surface area (TPSA) is 56.3 Å². The summed E-state index contributed by atoms with van der Waals surface area (Å²) in [5, 5.41) is 9.81. The van der Waals surface area contributed by atoms with E-state index in [4.69, 9.17) is 11.6 Å². The zero-order valence-electron chi connectivity index (χ0n) is 4.13. The smallest absolute Gasteiger partial charge is 0.388 e. The number of hydrogen-bond donors (Lipinski definition) is 0. The maximum Gasteiger partial charge on any atom is 0.442 e. The minimum absolute atomic E-state index is 0.0262. The summed E-state index contributed by atoms with van der Waals surface area (Å²) in [5.74, 6) is -0.458. The number of hydrogen-bond acceptors (Lipinski definition) is 3. The average molecular weight is 147 g/mol. The van der Waals surface area contributed by atoms with Crippen LogP contribution in [0.1, 0.15) is 0 Å². The molecule has 0 saturated heterocycles. The van der Waals surface area contributed by atoms with E-state index < -0.39 is 10.8 Å². The number of rotatable bonds is 1. The molecule has 0 spiro atoms. The normalized spacial score (nSPS) is 9.44. The van der Waals surface area contributed by atoms with E-state index in [0.717, 1.165) is 0 Å². The molecule has 0 bridgehead atoms. The fourth-order valence-corrected chi connectivity index (χ4v) is 0.487. The van der Waals surface area contributed by atoms with E-state index in [9.17, 15) is 10.1 Å². The minimum Gasteiger partial charge on any atom is -0.388 e. The molecule has 1 rings (SSSR count). The predicted molar refractivity (Wildman–Crippen MR) is 29.2 cm³/mol. The summed E-state index contributed by atoms with van der Waals surface area (Å²) in [6, 6.07) is 3.40. The summed E-state index contributed by atoms with van der Waals surface area (Å²) in [4.78, 5) is 9.13. The molecule has 47 valence electrons. The first kappa shape index (κ1) is 6.10. The monoisotopic (exact) mass is 146 g/mol. The Bertz CT molecular complexity index is 231. The Balaban J connectivity index is 2.98.